The van der Waals surface area contributed by atoms with Crippen LogP contribution in [-0.4, -0.2) is 27.9 Å². The van der Waals surface area contributed by atoms with Gasteiger partial charge in [0.2, 0.25) is 0 Å². The first-order valence-corrected chi connectivity index (χ1v) is 3.50. The Hall–Kier alpha value is -0.0471. The standard InChI is InChI=1S/C3H5GeO.H2O/c4-2-1-3-5;/h1H,2,4H2;1H2. The van der Waals surface area contributed by atoms with Crippen LogP contribution in [-0.2, 0) is 4.79 Å². The van der Waals surface area contributed by atoms with Crippen molar-refractivity contribution in [3.8, 4) is 0 Å². The Bertz CT molecular complexity index is 55.8. The van der Waals surface area contributed by atoms with E-state index in [-0.39, 0.29) is 5.48 Å². The van der Waals surface area contributed by atoms with Gasteiger partial charge in [0.05, 0.1) is 0 Å². The monoisotopic (exact) mass is 149 g/mol. The molecule has 6 heavy (non-hydrogen) atoms. The van der Waals surface area contributed by atoms with E-state index in [1.54, 1.807) is 5.94 Å². The summed E-state index contributed by atoms with van der Waals surface area (Å²) in [5.41, 5.74) is 0. The minimum atomic E-state index is 0. The van der Waals surface area contributed by atoms with Crippen molar-refractivity contribution in [2.45, 2.75) is 5.25 Å². The van der Waals surface area contributed by atoms with Gasteiger partial charge in [-0.3, -0.25) is 0 Å². The summed E-state index contributed by atoms with van der Waals surface area (Å²) in [6.07, 6.45) is 1.50. The van der Waals surface area contributed by atoms with Crippen LogP contribution in [0.2, 0.25) is 5.25 Å². The van der Waals surface area contributed by atoms with E-state index in [9.17, 15) is 4.79 Å². The second kappa shape index (κ2) is 8.88. The molecule has 2 nitrogen and oxygen atoms in total. The Morgan fingerprint density at radius 2 is 2.33 bits per heavy atom. The summed E-state index contributed by atoms with van der Waals surface area (Å²) in [5.74, 6) is 1.67. The van der Waals surface area contributed by atoms with Gasteiger partial charge in [-0.25, -0.2) is 0 Å². The zero-order valence-corrected chi connectivity index (χ0v) is 6.37. The van der Waals surface area contributed by atoms with Gasteiger partial charge in [0.25, 0.3) is 0 Å². The molecule has 0 aliphatic rings. The molecule has 0 spiro atoms. The zero-order chi connectivity index (χ0) is 4.12. The fraction of sp³-hybridized carbons (Fsp3) is 0.333. The molecule has 0 heterocycles. The van der Waals surface area contributed by atoms with Crippen LogP contribution >= 0.6 is 0 Å². The number of carbonyl (C=O) groups excluding carboxylic acids is 1. The Kier molecular flexibility index (Phi) is 13.8. The van der Waals surface area contributed by atoms with Gasteiger partial charge in [-0.2, -0.15) is 0 Å². The van der Waals surface area contributed by atoms with Crippen LogP contribution in [0.5, 0.6) is 0 Å². The average Bonchev–Trinajstić information content (AvgIpc) is 1.41. The third kappa shape index (κ3) is 9.04. The van der Waals surface area contributed by atoms with Gasteiger partial charge in [0.1, 0.15) is 0 Å². The van der Waals surface area contributed by atoms with Crippen LogP contribution in [0.4, 0.5) is 0 Å². The van der Waals surface area contributed by atoms with Crippen LogP contribution in [0.25, 0.3) is 0 Å². The molecular formula is C3H7GeO2. The zero-order valence-electron chi connectivity index (χ0n) is 3.40. The SMILES string of the molecule is O.O=C=C[CH2][GeH2]. The molecule has 0 aromatic heterocycles. The molecule has 0 bridgehead atoms. The molecule has 0 unspecified atom stereocenters. The fourth-order valence-corrected chi connectivity index (χ4v) is 0.306. The second-order valence-electron chi connectivity index (χ2n) is 0.611. The van der Waals surface area contributed by atoms with Gasteiger partial charge in [-0.05, 0) is 0 Å². The molecule has 0 aromatic rings. The van der Waals surface area contributed by atoms with E-state index < -0.39 is 0 Å². The quantitative estimate of drug-likeness (QED) is 0.333. The molecule has 2 N–H and O–H groups in total. The third-order valence-electron chi connectivity index (χ3n) is 0.228. The van der Waals surface area contributed by atoms with Crippen LogP contribution < -0.4 is 0 Å². The van der Waals surface area contributed by atoms with Gasteiger partial charge in [-0.1, -0.05) is 0 Å². The molecular weight excluding hydrogens is 141 g/mol. The molecule has 0 aliphatic heterocycles. The van der Waals surface area contributed by atoms with Crippen molar-refractivity contribution in [3.63, 3.8) is 0 Å². The number of hydrogen-bond acceptors (Lipinski definition) is 1. The van der Waals surface area contributed by atoms with Gasteiger partial charge < -0.3 is 5.48 Å². The van der Waals surface area contributed by atoms with Crippen LogP contribution in [0, 0.1) is 0 Å². The third-order valence-corrected chi connectivity index (χ3v) is 0.833. The molecule has 3 heteroatoms. The summed E-state index contributed by atoms with van der Waals surface area (Å²) < 4.78 is 0. The van der Waals surface area contributed by atoms with E-state index in [0.717, 1.165) is 21.8 Å². The van der Waals surface area contributed by atoms with Crippen molar-refractivity contribution < 1.29 is 10.3 Å². The summed E-state index contributed by atoms with van der Waals surface area (Å²) in [7, 11) is 0. The molecule has 35 valence electrons. The van der Waals surface area contributed by atoms with E-state index in [1.165, 1.54) is 6.08 Å². The molecule has 0 amide bonds. The van der Waals surface area contributed by atoms with Gasteiger partial charge in [0.15, 0.2) is 0 Å². The van der Waals surface area contributed by atoms with Gasteiger partial charge in [0, 0.05) is 0 Å². The molecule has 0 aromatic carbocycles. The maximum atomic E-state index is 9.24. The van der Waals surface area contributed by atoms with Crippen LogP contribution in [0.1, 0.15) is 0 Å². The first-order valence-electron chi connectivity index (χ1n) is 1.40. The average molecular weight is 148 g/mol. The minimum absolute atomic E-state index is 0. The first-order chi connectivity index (χ1) is 2.41. The Morgan fingerprint density at radius 3 is 2.33 bits per heavy atom. The molecule has 0 atom stereocenters. The van der Waals surface area contributed by atoms with Crippen molar-refractivity contribution in [1.29, 1.82) is 0 Å². The molecule has 0 rings (SSSR count). The predicted molar refractivity (Wildman–Crippen MR) is 27.2 cm³/mol. The normalized spacial score (nSPS) is 4.83. The van der Waals surface area contributed by atoms with Crippen molar-refractivity contribution in [3.05, 3.63) is 6.08 Å². The summed E-state index contributed by atoms with van der Waals surface area (Å²) >= 11 is 1.16. The molecule has 1 radical (unpaired) electrons. The number of hydrogen-bond donors (Lipinski definition) is 0. The summed E-state index contributed by atoms with van der Waals surface area (Å²) in [6.45, 7) is 0. The van der Waals surface area contributed by atoms with Gasteiger partial charge in [-0.15, -0.1) is 0 Å². The first kappa shape index (κ1) is 9.35. The summed E-state index contributed by atoms with van der Waals surface area (Å²) in [5, 5.41) is 0.920. The second-order valence-corrected chi connectivity index (χ2v) is 1.82. The van der Waals surface area contributed by atoms with Crippen molar-refractivity contribution in [1.82, 2.24) is 0 Å². The van der Waals surface area contributed by atoms with Crippen molar-refractivity contribution in [2.24, 2.45) is 0 Å². The van der Waals surface area contributed by atoms with E-state index in [2.05, 4.69) is 0 Å². The molecule has 0 aliphatic carbocycles. The number of rotatable bonds is 1. The molecule has 0 fully saturated rings. The fourth-order valence-electron chi connectivity index (χ4n) is 0.0589. The van der Waals surface area contributed by atoms with E-state index >= 15 is 0 Å². The van der Waals surface area contributed by atoms with Crippen molar-refractivity contribution in [2.75, 3.05) is 0 Å². The predicted octanol–water partition coefficient (Wildman–Crippen LogP) is -1.40. The molecule has 0 saturated carbocycles. The Morgan fingerprint density at radius 1 is 1.83 bits per heavy atom. The van der Waals surface area contributed by atoms with Crippen LogP contribution in [0.15, 0.2) is 6.08 Å². The van der Waals surface area contributed by atoms with E-state index in [4.69, 9.17) is 0 Å². The van der Waals surface area contributed by atoms with Crippen molar-refractivity contribution >= 4 is 22.5 Å². The van der Waals surface area contributed by atoms with E-state index in [0.29, 0.717) is 0 Å². The summed E-state index contributed by atoms with van der Waals surface area (Å²) in [6, 6.07) is 0. The van der Waals surface area contributed by atoms with Gasteiger partial charge >= 0.3 is 38.6 Å². The van der Waals surface area contributed by atoms with Crippen LogP contribution in [0.3, 0.4) is 0 Å². The molecule has 0 saturated heterocycles. The van der Waals surface area contributed by atoms with E-state index in [1.807, 2.05) is 0 Å². The Labute approximate surface area is 44.8 Å². The summed E-state index contributed by atoms with van der Waals surface area (Å²) in [4.78, 5) is 9.24. The maximum absolute atomic E-state index is 9.24. The topological polar surface area (TPSA) is 48.6 Å². The number of allylic oxidation sites excluding steroid dienone is 1. The Balaban J connectivity index is 0.